The molecule has 0 aromatic heterocycles. The van der Waals surface area contributed by atoms with Gasteiger partial charge in [-0.2, -0.15) is 0 Å². The van der Waals surface area contributed by atoms with Gasteiger partial charge in [-0.15, -0.1) is 11.8 Å². The Bertz CT molecular complexity index is 1010. The molecule has 0 heterocycles. The molecule has 7 nitrogen and oxygen atoms in total. The topological polar surface area (TPSA) is 91.3 Å². The molecule has 2 rings (SSSR count). The van der Waals surface area contributed by atoms with Gasteiger partial charge in [0, 0.05) is 5.25 Å². The Morgan fingerprint density at radius 1 is 0.946 bits per heavy atom. The van der Waals surface area contributed by atoms with E-state index >= 15 is 0 Å². The Morgan fingerprint density at radius 3 is 1.95 bits per heavy atom. The van der Waals surface area contributed by atoms with E-state index in [1.807, 2.05) is 26.0 Å². The third-order valence-electron chi connectivity index (χ3n) is 5.70. The summed E-state index contributed by atoms with van der Waals surface area (Å²) >= 11 is 1.29. The summed E-state index contributed by atoms with van der Waals surface area (Å²) in [6.45, 7) is 9.13. The monoisotopic (exact) mass is 556 g/mol. The van der Waals surface area contributed by atoms with E-state index < -0.39 is 41.6 Å². The highest BCUT2D eigenvalue weighted by Crippen LogP contribution is 2.59. The second kappa shape index (κ2) is 14.9. The number of esters is 1. The van der Waals surface area contributed by atoms with Crippen molar-refractivity contribution >= 4 is 25.3 Å². The van der Waals surface area contributed by atoms with Crippen molar-refractivity contribution in [2.75, 3.05) is 26.9 Å². The SMILES string of the molecule is CCOC(=O)C(C(SC(c1ccc(OC)cc1)C(O)c1ccc(F)cc1)C(C)C)P(=O)(OCC)OCC. The number of aliphatic hydroxyl groups is 1. The predicted molar refractivity (Wildman–Crippen MR) is 145 cm³/mol. The highest BCUT2D eigenvalue weighted by Gasteiger charge is 2.50. The number of hydrogen-bond acceptors (Lipinski definition) is 8. The number of carbonyl (C=O) groups is 1. The van der Waals surface area contributed by atoms with E-state index in [4.69, 9.17) is 18.5 Å². The van der Waals surface area contributed by atoms with Crippen molar-refractivity contribution in [2.45, 2.75) is 56.9 Å². The molecule has 1 N–H and O–H groups in total. The fourth-order valence-electron chi connectivity index (χ4n) is 3.96. The van der Waals surface area contributed by atoms with Gasteiger partial charge in [0.2, 0.25) is 0 Å². The number of aliphatic hydroxyl groups excluding tert-OH is 1. The number of benzene rings is 2. The molecule has 0 aliphatic carbocycles. The largest absolute Gasteiger partial charge is 0.497 e. The highest BCUT2D eigenvalue weighted by atomic mass is 32.2. The van der Waals surface area contributed by atoms with Gasteiger partial charge in [0.15, 0.2) is 5.66 Å². The summed E-state index contributed by atoms with van der Waals surface area (Å²) in [6, 6.07) is 12.8. The number of hydrogen-bond donors (Lipinski definition) is 1. The number of halogens is 1. The summed E-state index contributed by atoms with van der Waals surface area (Å²) in [6.07, 6.45) is -1.07. The van der Waals surface area contributed by atoms with Gasteiger partial charge >= 0.3 is 13.6 Å². The number of rotatable bonds is 15. The first-order valence-electron chi connectivity index (χ1n) is 12.4. The van der Waals surface area contributed by atoms with Crippen LogP contribution in [0.4, 0.5) is 4.39 Å². The number of carbonyl (C=O) groups excluding carboxylic acids is 1. The van der Waals surface area contributed by atoms with E-state index in [1.165, 1.54) is 36.0 Å². The van der Waals surface area contributed by atoms with Crippen molar-refractivity contribution in [1.29, 1.82) is 0 Å². The third-order valence-corrected chi connectivity index (χ3v) is 10.3. The van der Waals surface area contributed by atoms with Crippen molar-refractivity contribution in [2.24, 2.45) is 5.92 Å². The van der Waals surface area contributed by atoms with Crippen LogP contribution < -0.4 is 4.74 Å². The minimum Gasteiger partial charge on any atom is -0.497 e. The Labute approximate surface area is 223 Å². The van der Waals surface area contributed by atoms with E-state index in [0.717, 1.165) is 5.56 Å². The van der Waals surface area contributed by atoms with Crippen LogP contribution in [0, 0.1) is 11.7 Å². The second-order valence-electron chi connectivity index (χ2n) is 8.61. The molecule has 4 atom stereocenters. The molecule has 0 amide bonds. The van der Waals surface area contributed by atoms with Crippen LogP contribution in [0.25, 0.3) is 0 Å². The molecule has 0 fully saturated rings. The lowest BCUT2D eigenvalue weighted by Crippen LogP contribution is -2.39. The van der Waals surface area contributed by atoms with Gasteiger partial charge < -0.3 is 23.6 Å². The molecule has 4 unspecified atom stereocenters. The van der Waals surface area contributed by atoms with Gasteiger partial charge in [-0.1, -0.05) is 38.1 Å². The molecule has 2 aromatic carbocycles. The minimum absolute atomic E-state index is 0.0861. The van der Waals surface area contributed by atoms with Crippen molar-refractivity contribution in [3.05, 3.63) is 65.5 Å². The fourth-order valence-corrected chi connectivity index (χ4v) is 8.30. The molecule has 0 aliphatic rings. The quantitative estimate of drug-likeness (QED) is 0.195. The smallest absolute Gasteiger partial charge is 0.346 e. The summed E-state index contributed by atoms with van der Waals surface area (Å²) < 4.78 is 49.4. The maximum atomic E-state index is 14.0. The first kappa shape index (κ1) is 31.3. The molecule has 2 aromatic rings. The van der Waals surface area contributed by atoms with E-state index in [9.17, 15) is 18.9 Å². The van der Waals surface area contributed by atoms with Crippen LogP contribution in [-0.4, -0.2) is 48.9 Å². The second-order valence-corrected chi connectivity index (χ2v) is 12.1. The summed E-state index contributed by atoms with van der Waals surface area (Å²) in [7, 11) is -2.38. The van der Waals surface area contributed by atoms with Crippen LogP contribution in [0.5, 0.6) is 5.75 Å². The molecule has 10 heteroatoms. The summed E-state index contributed by atoms with van der Waals surface area (Å²) in [5.74, 6) is -0.634. The summed E-state index contributed by atoms with van der Waals surface area (Å²) in [4.78, 5) is 13.3. The fraction of sp³-hybridized carbons (Fsp3) is 0.519. The number of methoxy groups -OCH3 is 1. The van der Waals surface area contributed by atoms with Crippen LogP contribution in [-0.2, 0) is 23.1 Å². The van der Waals surface area contributed by atoms with Crippen molar-refractivity contribution in [1.82, 2.24) is 0 Å². The van der Waals surface area contributed by atoms with Crippen LogP contribution in [0.3, 0.4) is 0 Å². The zero-order valence-electron chi connectivity index (χ0n) is 22.3. The molecule has 0 radical (unpaired) electrons. The summed E-state index contributed by atoms with van der Waals surface area (Å²) in [5.41, 5.74) is 0.0276. The Kier molecular flexibility index (Phi) is 12.6. The Hall–Kier alpha value is -1.90. The minimum atomic E-state index is -3.94. The number of ether oxygens (including phenoxy) is 2. The van der Waals surface area contributed by atoms with Crippen LogP contribution in [0.2, 0.25) is 0 Å². The van der Waals surface area contributed by atoms with Gasteiger partial charge in [-0.25, -0.2) is 4.39 Å². The highest BCUT2D eigenvalue weighted by molar-refractivity contribution is 8.00. The first-order valence-corrected chi connectivity index (χ1v) is 15.0. The molecule has 0 bridgehead atoms. The number of thioether (sulfide) groups is 1. The normalized spacial score (nSPS) is 15.2. The van der Waals surface area contributed by atoms with Gasteiger partial charge in [0.1, 0.15) is 11.6 Å². The zero-order valence-corrected chi connectivity index (χ0v) is 24.0. The zero-order chi connectivity index (χ0) is 27.6. The molecular weight excluding hydrogens is 518 g/mol. The maximum Gasteiger partial charge on any atom is 0.346 e. The standard InChI is InChI=1S/C27H38FO7PS/c1-7-33-27(30)24(36(31,34-8-2)35-9-3)25(18(4)5)37-26(20-12-16-22(32-6)17-13-20)23(29)19-10-14-21(28)15-11-19/h10-18,23-26,29H,7-9H2,1-6H3. The van der Waals surface area contributed by atoms with Crippen molar-refractivity contribution in [3.8, 4) is 5.75 Å². The van der Waals surface area contributed by atoms with E-state index in [0.29, 0.717) is 11.3 Å². The molecule has 0 saturated carbocycles. The van der Waals surface area contributed by atoms with E-state index in [-0.39, 0.29) is 25.7 Å². The Balaban J connectivity index is 2.62. The first-order chi connectivity index (χ1) is 17.6. The molecule has 206 valence electrons. The van der Waals surface area contributed by atoms with E-state index in [1.54, 1.807) is 40.0 Å². The molecule has 0 saturated heterocycles. The molecular formula is C27H38FO7PS. The van der Waals surface area contributed by atoms with Gasteiger partial charge in [-0.3, -0.25) is 9.36 Å². The third kappa shape index (κ3) is 8.29. The summed E-state index contributed by atoms with van der Waals surface area (Å²) in [5, 5.41) is 10.3. The average Bonchev–Trinajstić information content (AvgIpc) is 2.86. The van der Waals surface area contributed by atoms with Crippen LogP contribution in [0.15, 0.2) is 48.5 Å². The van der Waals surface area contributed by atoms with Crippen LogP contribution >= 0.6 is 19.4 Å². The van der Waals surface area contributed by atoms with Gasteiger partial charge in [0.25, 0.3) is 0 Å². The molecule has 37 heavy (non-hydrogen) atoms. The average molecular weight is 557 g/mol. The van der Waals surface area contributed by atoms with E-state index in [2.05, 4.69) is 0 Å². The lowest BCUT2D eigenvalue weighted by molar-refractivity contribution is -0.143. The maximum absolute atomic E-state index is 14.0. The van der Waals surface area contributed by atoms with Crippen molar-refractivity contribution in [3.63, 3.8) is 0 Å². The van der Waals surface area contributed by atoms with Crippen LogP contribution in [0.1, 0.15) is 57.1 Å². The van der Waals surface area contributed by atoms with Crippen molar-refractivity contribution < 1.29 is 37.4 Å². The van der Waals surface area contributed by atoms with Gasteiger partial charge in [0.05, 0.1) is 38.3 Å². The Morgan fingerprint density at radius 2 is 1.49 bits per heavy atom. The molecule has 0 aliphatic heterocycles. The predicted octanol–water partition coefficient (Wildman–Crippen LogP) is 6.56. The molecule has 0 spiro atoms. The van der Waals surface area contributed by atoms with Gasteiger partial charge in [-0.05, 0) is 62.1 Å². The lowest BCUT2D eigenvalue weighted by atomic mass is 10.0. The lowest BCUT2D eigenvalue weighted by Gasteiger charge is -2.36.